The zero-order valence-corrected chi connectivity index (χ0v) is 12.9. The van der Waals surface area contributed by atoms with Gasteiger partial charge in [0.15, 0.2) is 0 Å². The van der Waals surface area contributed by atoms with Crippen LogP contribution >= 0.6 is 0 Å². The molecule has 0 unspecified atom stereocenters. The number of aliphatic carboxylic acids is 2. The third kappa shape index (κ3) is 5.98. The second kappa shape index (κ2) is 8.77. The molecule has 7 nitrogen and oxygen atoms in total. The summed E-state index contributed by atoms with van der Waals surface area (Å²) in [5.41, 5.74) is -0.870. The number of hydrogen-bond acceptors (Lipinski definition) is 4. The van der Waals surface area contributed by atoms with Gasteiger partial charge in [0.25, 0.3) is 0 Å². The topological polar surface area (TPSA) is 113 Å². The lowest BCUT2D eigenvalue weighted by atomic mass is 9.88. The highest BCUT2D eigenvalue weighted by atomic mass is 16.5. The Morgan fingerprint density at radius 2 is 1.78 bits per heavy atom. The van der Waals surface area contributed by atoms with E-state index >= 15 is 0 Å². The fourth-order valence-electron chi connectivity index (χ4n) is 2.22. The molecular weight excluding hydrogens is 302 g/mol. The van der Waals surface area contributed by atoms with Crippen molar-refractivity contribution in [3.05, 3.63) is 35.9 Å². The lowest BCUT2D eigenvalue weighted by molar-refractivity contribution is -0.146. The normalized spacial score (nSPS) is 12.9. The first kappa shape index (κ1) is 18.5. The number of carboxylic acids is 2. The van der Waals surface area contributed by atoms with E-state index in [0.29, 0.717) is 6.42 Å². The van der Waals surface area contributed by atoms with Crippen LogP contribution in [0.25, 0.3) is 0 Å². The number of nitrogens with one attached hydrogen (secondary N) is 1. The van der Waals surface area contributed by atoms with Crippen molar-refractivity contribution in [3.63, 3.8) is 0 Å². The number of rotatable bonds is 9. The van der Waals surface area contributed by atoms with Gasteiger partial charge in [-0.05, 0) is 18.4 Å². The van der Waals surface area contributed by atoms with Gasteiger partial charge in [-0.25, -0.2) is 9.59 Å². The molecule has 1 aromatic carbocycles. The summed E-state index contributed by atoms with van der Waals surface area (Å²) in [6.45, 7) is 1.77. The Balaban J connectivity index is 2.72. The van der Waals surface area contributed by atoms with E-state index in [1.54, 1.807) is 31.2 Å². The lowest BCUT2D eigenvalue weighted by Gasteiger charge is -2.29. The maximum Gasteiger partial charge on any atom is 0.408 e. The first-order valence-corrected chi connectivity index (χ1v) is 7.33. The number of carbonyl (C=O) groups is 3. The SMILES string of the molecule is CCC[C@@](CCC(=O)O)(NC(=O)OCc1ccccc1)C(=O)O. The molecule has 1 amide bonds. The fourth-order valence-corrected chi connectivity index (χ4v) is 2.22. The zero-order valence-electron chi connectivity index (χ0n) is 12.9. The van der Waals surface area contributed by atoms with Crippen LogP contribution in [0.5, 0.6) is 0 Å². The molecule has 0 spiro atoms. The molecule has 0 bridgehead atoms. The maximum absolute atomic E-state index is 11.9. The second-order valence-electron chi connectivity index (χ2n) is 5.22. The predicted octanol–water partition coefficient (Wildman–Crippen LogP) is 2.40. The van der Waals surface area contributed by atoms with Crippen LogP contribution < -0.4 is 5.32 Å². The van der Waals surface area contributed by atoms with Gasteiger partial charge < -0.3 is 20.3 Å². The molecule has 23 heavy (non-hydrogen) atoms. The van der Waals surface area contributed by atoms with E-state index in [2.05, 4.69) is 5.32 Å². The highest BCUT2D eigenvalue weighted by Gasteiger charge is 2.40. The summed E-state index contributed by atoms with van der Waals surface area (Å²) >= 11 is 0. The number of amides is 1. The Kier molecular flexibility index (Phi) is 7.05. The number of carboxylic acid groups (broad SMARTS) is 2. The van der Waals surface area contributed by atoms with Gasteiger partial charge >= 0.3 is 18.0 Å². The highest BCUT2D eigenvalue weighted by molar-refractivity contribution is 5.85. The van der Waals surface area contributed by atoms with Gasteiger partial charge in [0, 0.05) is 6.42 Å². The molecule has 0 saturated heterocycles. The molecule has 1 rings (SSSR count). The number of alkyl carbamates (subject to hydrolysis) is 1. The third-order valence-electron chi connectivity index (χ3n) is 3.41. The number of carbonyl (C=O) groups excluding carboxylic acids is 1. The Bertz CT molecular complexity index is 545. The van der Waals surface area contributed by atoms with E-state index in [4.69, 9.17) is 9.84 Å². The first-order chi connectivity index (χ1) is 10.9. The van der Waals surface area contributed by atoms with Crippen molar-refractivity contribution in [3.8, 4) is 0 Å². The molecular formula is C16H21NO6. The molecule has 0 fully saturated rings. The van der Waals surface area contributed by atoms with E-state index in [9.17, 15) is 19.5 Å². The maximum atomic E-state index is 11.9. The second-order valence-corrected chi connectivity index (χ2v) is 5.22. The Morgan fingerprint density at radius 1 is 1.13 bits per heavy atom. The molecule has 0 radical (unpaired) electrons. The van der Waals surface area contributed by atoms with Crippen LogP contribution in [-0.4, -0.2) is 33.8 Å². The molecule has 1 aromatic rings. The number of hydrogen-bond donors (Lipinski definition) is 3. The summed E-state index contributed by atoms with van der Waals surface area (Å²) < 4.78 is 5.03. The Morgan fingerprint density at radius 3 is 2.30 bits per heavy atom. The van der Waals surface area contributed by atoms with Crippen molar-refractivity contribution < 1.29 is 29.3 Å². The van der Waals surface area contributed by atoms with Crippen molar-refractivity contribution in [2.24, 2.45) is 0 Å². The largest absolute Gasteiger partial charge is 0.481 e. The molecule has 1 atom stereocenters. The van der Waals surface area contributed by atoms with Crippen LogP contribution in [0.3, 0.4) is 0 Å². The van der Waals surface area contributed by atoms with Crippen molar-refractivity contribution in [2.45, 2.75) is 44.8 Å². The molecule has 0 aliphatic heterocycles. The number of benzene rings is 1. The molecule has 0 heterocycles. The Hall–Kier alpha value is -2.57. The molecule has 3 N–H and O–H groups in total. The van der Waals surface area contributed by atoms with Crippen LogP contribution in [0.4, 0.5) is 4.79 Å². The summed E-state index contributed by atoms with van der Waals surface area (Å²) in [5.74, 6) is -2.39. The summed E-state index contributed by atoms with van der Waals surface area (Å²) in [6, 6.07) is 8.96. The molecule has 126 valence electrons. The zero-order chi connectivity index (χ0) is 17.3. The van der Waals surface area contributed by atoms with E-state index in [-0.39, 0.29) is 25.9 Å². The summed E-state index contributed by atoms with van der Waals surface area (Å²) in [4.78, 5) is 34.2. The Labute approximate surface area is 134 Å². The summed E-state index contributed by atoms with van der Waals surface area (Å²) in [7, 11) is 0. The van der Waals surface area contributed by atoms with Gasteiger partial charge in [-0.2, -0.15) is 0 Å². The predicted molar refractivity (Wildman–Crippen MR) is 81.9 cm³/mol. The van der Waals surface area contributed by atoms with Gasteiger partial charge in [-0.3, -0.25) is 4.79 Å². The van der Waals surface area contributed by atoms with Crippen LogP contribution in [0, 0.1) is 0 Å². The first-order valence-electron chi connectivity index (χ1n) is 7.33. The summed E-state index contributed by atoms with van der Waals surface area (Å²) in [6.07, 6.45) is -0.840. The summed E-state index contributed by atoms with van der Waals surface area (Å²) in [5, 5.41) is 20.5. The molecule has 0 aromatic heterocycles. The van der Waals surface area contributed by atoms with Gasteiger partial charge in [0.2, 0.25) is 0 Å². The van der Waals surface area contributed by atoms with Crippen molar-refractivity contribution in [1.29, 1.82) is 0 Å². The average molecular weight is 323 g/mol. The molecule has 0 saturated carbocycles. The standard InChI is InChI=1S/C16H21NO6/c1-2-9-16(14(20)21,10-8-13(18)19)17-15(22)23-11-12-6-4-3-5-7-12/h3-7H,2,8-11H2,1H3,(H,17,22)(H,18,19)(H,20,21)/t16-/m0/s1. The van der Waals surface area contributed by atoms with Gasteiger partial charge in [0.1, 0.15) is 12.1 Å². The van der Waals surface area contributed by atoms with Crippen molar-refractivity contribution >= 4 is 18.0 Å². The molecule has 0 aliphatic rings. The van der Waals surface area contributed by atoms with E-state index < -0.39 is 23.6 Å². The van der Waals surface area contributed by atoms with Crippen molar-refractivity contribution in [2.75, 3.05) is 0 Å². The number of ether oxygens (including phenoxy) is 1. The van der Waals surface area contributed by atoms with E-state index in [1.165, 1.54) is 0 Å². The van der Waals surface area contributed by atoms with Crippen LogP contribution in [0.1, 0.15) is 38.2 Å². The van der Waals surface area contributed by atoms with E-state index in [0.717, 1.165) is 5.56 Å². The quantitative estimate of drug-likeness (QED) is 0.643. The molecule has 7 heteroatoms. The minimum Gasteiger partial charge on any atom is -0.481 e. The van der Waals surface area contributed by atoms with Gasteiger partial charge in [0.05, 0.1) is 0 Å². The smallest absolute Gasteiger partial charge is 0.408 e. The van der Waals surface area contributed by atoms with Crippen LogP contribution in [0.2, 0.25) is 0 Å². The van der Waals surface area contributed by atoms with Crippen LogP contribution in [0.15, 0.2) is 30.3 Å². The minimum absolute atomic E-state index is 0.00737. The van der Waals surface area contributed by atoms with Crippen molar-refractivity contribution in [1.82, 2.24) is 5.32 Å². The van der Waals surface area contributed by atoms with Gasteiger partial charge in [-0.1, -0.05) is 43.7 Å². The van der Waals surface area contributed by atoms with Crippen LogP contribution in [-0.2, 0) is 20.9 Å². The van der Waals surface area contributed by atoms with E-state index in [1.807, 2.05) is 6.07 Å². The monoisotopic (exact) mass is 323 g/mol. The fraction of sp³-hybridized carbons (Fsp3) is 0.438. The average Bonchev–Trinajstić information content (AvgIpc) is 2.51. The highest BCUT2D eigenvalue weighted by Crippen LogP contribution is 2.21. The molecule has 0 aliphatic carbocycles. The minimum atomic E-state index is -1.64. The van der Waals surface area contributed by atoms with Gasteiger partial charge in [-0.15, -0.1) is 0 Å². The lowest BCUT2D eigenvalue weighted by Crippen LogP contribution is -2.54. The third-order valence-corrected chi connectivity index (χ3v) is 3.41.